The number of aromatic hydroxyl groups is 4. The Labute approximate surface area is 155 Å². The summed E-state index contributed by atoms with van der Waals surface area (Å²) < 4.78 is 5.82. The van der Waals surface area contributed by atoms with Crippen LogP contribution in [-0.2, 0) is 6.42 Å². The summed E-state index contributed by atoms with van der Waals surface area (Å²) in [4.78, 5) is 0. The number of phenols is 4. The molecule has 140 valence electrons. The highest BCUT2D eigenvalue weighted by Gasteiger charge is 2.34. The number of phenolic OH excluding ortho intramolecular Hbond substituents is 4. The molecule has 0 bridgehead atoms. The van der Waals surface area contributed by atoms with Crippen molar-refractivity contribution in [1.29, 1.82) is 0 Å². The van der Waals surface area contributed by atoms with Gasteiger partial charge in [0.15, 0.2) is 11.5 Å². The largest absolute Gasteiger partial charge is 0.507 e. The van der Waals surface area contributed by atoms with E-state index in [2.05, 4.69) is 0 Å². The predicted octanol–water partition coefficient (Wildman–Crippen LogP) is 3.36. The Morgan fingerprint density at radius 2 is 1.85 bits per heavy atom. The van der Waals surface area contributed by atoms with Crippen LogP contribution in [0.25, 0.3) is 0 Å². The molecule has 2 aromatic carbocycles. The second-order valence-electron chi connectivity index (χ2n) is 6.33. The molecule has 0 saturated heterocycles. The maximum atomic E-state index is 10.7. The van der Waals surface area contributed by atoms with Gasteiger partial charge in [-0.05, 0) is 30.4 Å². The van der Waals surface area contributed by atoms with E-state index >= 15 is 0 Å². The average molecular weight is 378 g/mol. The molecule has 3 rings (SSSR count). The van der Waals surface area contributed by atoms with Gasteiger partial charge in [-0.1, -0.05) is 13.0 Å². The van der Waals surface area contributed by atoms with Crippen LogP contribution >= 0.6 is 11.8 Å². The molecule has 2 aromatic rings. The number of aliphatic hydroxyl groups excluding tert-OH is 1. The van der Waals surface area contributed by atoms with E-state index in [1.54, 1.807) is 6.07 Å². The molecule has 1 aliphatic rings. The first kappa shape index (κ1) is 18.5. The minimum atomic E-state index is -0.955. The highest BCUT2D eigenvalue weighted by Crippen LogP contribution is 2.49. The first-order valence-corrected chi connectivity index (χ1v) is 9.63. The number of hydrogen-bond acceptors (Lipinski definition) is 7. The zero-order valence-electron chi connectivity index (χ0n) is 14.5. The smallest absolute Gasteiger partial charge is 0.157 e. The Balaban J connectivity index is 2.01. The lowest BCUT2D eigenvalue weighted by molar-refractivity contribution is 0.0196. The van der Waals surface area contributed by atoms with Crippen LogP contribution in [-0.4, -0.2) is 37.9 Å². The van der Waals surface area contributed by atoms with Crippen molar-refractivity contribution in [2.24, 2.45) is 0 Å². The Hall–Kier alpha value is -2.25. The highest BCUT2D eigenvalue weighted by atomic mass is 32.2. The fourth-order valence-electron chi connectivity index (χ4n) is 3.34. The van der Waals surface area contributed by atoms with E-state index in [1.165, 1.54) is 30.0 Å². The minimum absolute atomic E-state index is 0.0488. The van der Waals surface area contributed by atoms with Gasteiger partial charge in [0.05, 0.1) is 6.10 Å². The molecule has 1 heterocycles. The van der Waals surface area contributed by atoms with Gasteiger partial charge in [0.1, 0.15) is 23.4 Å². The van der Waals surface area contributed by atoms with Crippen molar-refractivity contribution in [1.82, 2.24) is 0 Å². The summed E-state index contributed by atoms with van der Waals surface area (Å²) in [5.74, 6) is -0.376. The van der Waals surface area contributed by atoms with Gasteiger partial charge < -0.3 is 30.3 Å². The number of thioether (sulfide) groups is 1. The van der Waals surface area contributed by atoms with Gasteiger partial charge in [-0.15, -0.1) is 0 Å². The molecule has 0 saturated carbocycles. The molecule has 1 aliphatic heterocycles. The number of hydrogen-bond donors (Lipinski definition) is 5. The van der Waals surface area contributed by atoms with Gasteiger partial charge in [0, 0.05) is 28.9 Å². The Kier molecular flexibility index (Phi) is 5.11. The topological polar surface area (TPSA) is 110 Å². The lowest BCUT2D eigenvalue weighted by Gasteiger charge is -2.32. The molecule has 1 unspecified atom stereocenters. The second kappa shape index (κ2) is 7.17. The minimum Gasteiger partial charge on any atom is -0.507 e. The fourth-order valence-corrected chi connectivity index (χ4v) is 4.14. The van der Waals surface area contributed by atoms with Gasteiger partial charge >= 0.3 is 0 Å². The summed E-state index contributed by atoms with van der Waals surface area (Å²) in [5.41, 5.74) is 1.39. The zero-order valence-corrected chi connectivity index (χ0v) is 15.3. The number of fused-ring (bicyclic) bond motifs is 1. The third-order valence-corrected chi connectivity index (χ3v) is 5.84. The predicted molar refractivity (Wildman–Crippen MR) is 99.2 cm³/mol. The summed E-state index contributed by atoms with van der Waals surface area (Å²) in [5, 5.41) is 50.6. The van der Waals surface area contributed by atoms with Gasteiger partial charge in [-0.25, -0.2) is 0 Å². The summed E-state index contributed by atoms with van der Waals surface area (Å²) in [6, 6.07) is 5.65. The summed E-state index contributed by atoms with van der Waals surface area (Å²) in [7, 11) is 0. The van der Waals surface area contributed by atoms with Crippen LogP contribution in [0.4, 0.5) is 0 Å². The first-order valence-electron chi connectivity index (χ1n) is 8.34. The molecule has 3 atom stereocenters. The molecule has 0 amide bonds. The van der Waals surface area contributed by atoms with Crippen molar-refractivity contribution >= 4 is 11.8 Å². The van der Waals surface area contributed by atoms with Crippen LogP contribution in [0.2, 0.25) is 0 Å². The van der Waals surface area contributed by atoms with Crippen molar-refractivity contribution in [2.75, 3.05) is 6.26 Å². The third-order valence-electron chi connectivity index (χ3n) is 4.70. The highest BCUT2D eigenvalue weighted by molar-refractivity contribution is 7.98. The molecular formula is C19H22O6S. The van der Waals surface area contributed by atoms with E-state index < -0.39 is 12.2 Å². The number of rotatable bonds is 4. The standard InChI is InChI=1S/C19H22O6S/c1-3-16(26-2)17-13(22)8-15-10(18(17)24)7-14(23)19(25-15)9-4-5-11(20)12(21)6-9/h4-6,8,14,16,19-24H,3,7H2,1-2H3/t14-,16?,19+/m0/s1. The van der Waals surface area contributed by atoms with Crippen LogP contribution in [0.3, 0.4) is 0 Å². The van der Waals surface area contributed by atoms with Crippen molar-refractivity contribution in [2.45, 2.75) is 37.2 Å². The summed E-state index contributed by atoms with van der Waals surface area (Å²) >= 11 is 1.53. The second-order valence-corrected chi connectivity index (χ2v) is 7.37. The molecule has 0 aromatic heterocycles. The molecule has 26 heavy (non-hydrogen) atoms. The van der Waals surface area contributed by atoms with Crippen molar-refractivity contribution in [3.8, 4) is 28.7 Å². The number of ether oxygens (including phenoxy) is 1. The van der Waals surface area contributed by atoms with Crippen LogP contribution in [0.15, 0.2) is 24.3 Å². The Morgan fingerprint density at radius 3 is 2.46 bits per heavy atom. The zero-order chi connectivity index (χ0) is 19.0. The van der Waals surface area contributed by atoms with Crippen LogP contribution in [0.1, 0.15) is 41.4 Å². The molecule has 5 N–H and O–H groups in total. The Bertz CT molecular complexity index is 818. The first-order chi connectivity index (χ1) is 12.4. The quantitative estimate of drug-likeness (QED) is 0.519. The van der Waals surface area contributed by atoms with Gasteiger partial charge in [0.25, 0.3) is 0 Å². The van der Waals surface area contributed by atoms with Crippen molar-refractivity contribution < 1.29 is 30.3 Å². The SMILES string of the molecule is CCC(SC)c1c(O)cc2c(c1O)C[C@H](O)[C@@H](c1ccc(O)c(O)c1)O2. The molecule has 7 heteroatoms. The summed E-state index contributed by atoms with van der Waals surface area (Å²) in [6.07, 6.45) is 1.04. The normalized spacial score (nSPS) is 20.3. The number of aliphatic hydroxyl groups is 1. The molecule has 0 radical (unpaired) electrons. The monoisotopic (exact) mass is 378 g/mol. The van der Waals surface area contributed by atoms with Gasteiger partial charge in [0.2, 0.25) is 0 Å². The van der Waals surface area contributed by atoms with Crippen molar-refractivity contribution in [3.05, 3.63) is 41.0 Å². The molecule has 0 fully saturated rings. The fraction of sp³-hybridized carbons (Fsp3) is 0.368. The maximum absolute atomic E-state index is 10.7. The average Bonchev–Trinajstić information content (AvgIpc) is 2.61. The summed E-state index contributed by atoms with van der Waals surface area (Å²) in [6.45, 7) is 1.97. The lowest BCUT2D eigenvalue weighted by Crippen LogP contribution is -2.30. The van der Waals surface area contributed by atoms with Crippen molar-refractivity contribution in [3.63, 3.8) is 0 Å². The van der Waals surface area contributed by atoms with E-state index in [1.807, 2.05) is 13.2 Å². The third kappa shape index (κ3) is 3.12. The Morgan fingerprint density at radius 1 is 1.12 bits per heavy atom. The lowest BCUT2D eigenvalue weighted by atomic mass is 9.91. The molecule has 6 nitrogen and oxygen atoms in total. The molecule has 0 aliphatic carbocycles. The van der Waals surface area contributed by atoms with Crippen LogP contribution < -0.4 is 4.74 Å². The van der Waals surface area contributed by atoms with Gasteiger partial charge in [-0.3, -0.25) is 0 Å². The van der Waals surface area contributed by atoms with Gasteiger partial charge in [-0.2, -0.15) is 11.8 Å². The van der Waals surface area contributed by atoms with E-state index in [0.717, 1.165) is 6.42 Å². The van der Waals surface area contributed by atoms with E-state index in [0.29, 0.717) is 22.4 Å². The van der Waals surface area contributed by atoms with E-state index in [9.17, 15) is 25.5 Å². The molecule has 0 spiro atoms. The van der Waals surface area contributed by atoms with Crippen LogP contribution in [0, 0.1) is 0 Å². The maximum Gasteiger partial charge on any atom is 0.157 e. The van der Waals surface area contributed by atoms with E-state index in [-0.39, 0.29) is 34.7 Å². The number of benzene rings is 2. The molecular weight excluding hydrogens is 356 g/mol. The van der Waals surface area contributed by atoms with E-state index in [4.69, 9.17) is 4.74 Å². The van der Waals surface area contributed by atoms with Crippen LogP contribution in [0.5, 0.6) is 28.7 Å².